The van der Waals surface area contributed by atoms with Gasteiger partial charge in [0, 0.05) is 4.88 Å². The van der Waals surface area contributed by atoms with Crippen LogP contribution in [-0.4, -0.2) is 39.3 Å². The van der Waals surface area contributed by atoms with Crippen LogP contribution in [0.25, 0.3) is 0 Å². The molecule has 1 aliphatic heterocycles. The number of rotatable bonds is 6. The zero-order valence-electron chi connectivity index (χ0n) is 18.1. The van der Waals surface area contributed by atoms with Gasteiger partial charge in [0.1, 0.15) is 10.8 Å². The van der Waals surface area contributed by atoms with Crippen molar-refractivity contribution in [1.82, 2.24) is 0 Å². The molecule has 2 aromatic rings. The predicted molar refractivity (Wildman–Crippen MR) is 121 cm³/mol. The Balaban J connectivity index is 1.77. The Hall–Kier alpha value is -2.39. The van der Waals surface area contributed by atoms with Crippen LogP contribution in [0.5, 0.6) is 5.75 Å². The summed E-state index contributed by atoms with van der Waals surface area (Å²) in [6.45, 7) is 7.91. The van der Waals surface area contributed by atoms with Gasteiger partial charge in [0.05, 0.1) is 23.7 Å². The number of benzene rings is 1. The molecule has 0 bridgehead atoms. The Morgan fingerprint density at radius 3 is 2.65 bits per heavy atom. The first kappa shape index (κ1) is 23.3. The highest BCUT2D eigenvalue weighted by atomic mass is 32.2. The van der Waals surface area contributed by atoms with Gasteiger partial charge < -0.3 is 14.8 Å². The number of carbonyl (C=O) groups excluding carboxylic acids is 2. The first-order chi connectivity index (χ1) is 14.5. The molecule has 9 heteroatoms. The molecular formula is C22H27NO6S2. The number of nitrogens with one attached hydrogen (secondary N) is 1. The predicted octanol–water partition coefficient (Wildman–Crippen LogP) is 3.71. The monoisotopic (exact) mass is 465 g/mol. The molecular weight excluding hydrogens is 438 g/mol. The maximum atomic E-state index is 12.5. The Bertz CT molecular complexity index is 1100. The fourth-order valence-electron chi connectivity index (χ4n) is 3.29. The van der Waals surface area contributed by atoms with Crippen LogP contribution in [0, 0.1) is 0 Å². The molecule has 1 aromatic carbocycles. The van der Waals surface area contributed by atoms with Crippen LogP contribution in [0.15, 0.2) is 24.3 Å². The van der Waals surface area contributed by atoms with Crippen LogP contribution >= 0.6 is 11.3 Å². The summed E-state index contributed by atoms with van der Waals surface area (Å²) in [6.07, 6.45) is 0.230. The average Bonchev–Trinajstić information content (AvgIpc) is 3.01. The fraction of sp³-hybridized carbons (Fsp3) is 0.455. The van der Waals surface area contributed by atoms with Crippen molar-refractivity contribution in [1.29, 1.82) is 0 Å². The van der Waals surface area contributed by atoms with Crippen LogP contribution in [-0.2, 0) is 37.0 Å². The lowest BCUT2D eigenvalue weighted by atomic mass is 9.87. The number of hydrogen-bond acceptors (Lipinski definition) is 7. The van der Waals surface area contributed by atoms with Crippen LogP contribution in [0.2, 0.25) is 0 Å². The molecule has 1 aliphatic rings. The normalized spacial score (nSPS) is 15.1. The summed E-state index contributed by atoms with van der Waals surface area (Å²) in [5.41, 5.74) is 1.93. The standard InChI is InChI=1S/C22H27NO6S2/c1-5-28-21(25)19-16-9-10-31(26,27)13-17(16)30-20(19)23-18(24)12-29-15-8-6-7-14(11-15)22(2,3)4/h6-8,11H,5,9-10,12-13H2,1-4H3,(H,23,24). The number of amides is 1. The second-order valence-electron chi connectivity index (χ2n) is 8.39. The van der Waals surface area contributed by atoms with E-state index in [2.05, 4.69) is 26.1 Å². The molecule has 0 atom stereocenters. The summed E-state index contributed by atoms with van der Waals surface area (Å²) in [4.78, 5) is 25.6. The van der Waals surface area contributed by atoms with Gasteiger partial charge in [-0.2, -0.15) is 0 Å². The van der Waals surface area contributed by atoms with Gasteiger partial charge in [0.25, 0.3) is 5.91 Å². The number of carbonyl (C=O) groups is 2. The van der Waals surface area contributed by atoms with Crippen molar-refractivity contribution < 1.29 is 27.5 Å². The average molecular weight is 466 g/mol. The summed E-state index contributed by atoms with van der Waals surface area (Å²) < 4.78 is 34.8. The molecule has 0 saturated heterocycles. The lowest BCUT2D eigenvalue weighted by Gasteiger charge is -2.19. The van der Waals surface area contributed by atoms with E-state index in [9.17, 15) is 18.0 Å². The zero-order chi connectivity index (χ0) is 22.8. The van der Waals surface area contributed by atoms with Gasteiger partial charge in [-0.15, -0.1) is 11.3 Å². The van der Waals surface area contributed by atoms with Gasteiger partial charge in [0.2, 0.25) is 0 Å². The Morgan fingerprint density at radius 2 is 1.97 bits per heavy atom. The van der Waals surface area contributed by atoms with E-state index in [0.717, 1.165) is 16.9 Å². The van der Waals surface area contributed by atoms with Crippen LogP contribution < -0.4 is 10.1 Å². The summed E-state index contributed by atoms with van der Waals surface area (Å²) in [5, 5.41) is 3.01. The number of esters is 1. The topological polar surface area (TPSA) is 98.8 Å². The summed E-state index contributed by atoms with van der Waals surface area (Å²) in [6, 6.07) is 7.55. The molecule has 168 valence electrons. The molecule has 0 radical (unpaired) electrons. The lowest BCUT2D eigenvalue weighted by Crippen LogP contribution is -2.22. The molecule has 7 nitrogen and oxygen atoms in total. The Labute approximate surface area is 186 Å². The zero-order valence-corrected chi connectivity index (χ0v) is 19.7. The summed E-state index contributed by atoms with van der Waals surface area (Å²) >= 11 is 1.11. The van der Waals surface area contributed by atoms with Gasteiger partial charge in [-0.1, -0.05) is 32.9 Å². The summed E-state index contributed by atoms with van der Waals surface area (Å²) in [7, 11) is -3.21. The van der Waals surface area contributed by atoms with E-state index >= 15 is 0 Å². The maximum absolute atomic E-state index is 12.5. The molecule has 1 amide bonds. The lowest BCUT2D eigenvalue weighted by molar-refractivity contribution is -0.118. The Morgan fingerprint density at radius 1 is 1.23 bits per heavy atom. The van der Waals surface area contributed by atoms with Gasteiger partial charge in [-0.3, -0.25) is 4.79 Å². The minimum atomic E-state index is -3.21. The molecule has 31 heavy (non-hydrogen) atoms. The molecule has 0 aliphatic carbocycles. The number of thiophene rings is 1. The van der Waals surface area contributed by atoms with Crippen LogP contribution in [0.1, 0.15) is 54.1 Å². The van der Waals surface area contributed by atoms with Crippen molar-refractivity contribution in [2.24, 2.45) is 0 Å². The second kappa shape index (κ2) is 9.00. The second-order valence-corrected chi connectivity index (χ2v) is 11.7. The van der Waals surface area contributed by atoms with Crippen LogP contribution in [0.3, 0.4) is 0 Å². The van der Waals surface area contributed by atoms with E-state index in [0.29, 0.717) is 21.2 Å². The van der Waals surface area contributed by atoms with E-state index in [-0.39, 0.29) is 42.1 Å². The number of ether oxygens (including phenoxy) is 2. The third-order valence-electron chi connectivity index (χ3n) is 4.91. The molecule has 3 rings (SSSR count). The molecule has 0 fully saturated rings. The highest BCUT2D eigenvalue weighted by Gasteiger charge is 2.32. The van der Waals surface area contributed by atoms with E-state index < -0.39 is 21.7 Å². The van der Waals surface area contributed by atoms with Crippen molar-refractivity contribution in [2.75, 3.05) is 24.3 Å². The smallest absolute Gasteiger partial charge is 0.341 e. The minimum absolute atomic E-state index is 0.0241. The first-order valence-corrected chi connectivity index (χ1v) is 12.7. The highest BCUT2D eigenvalue weighted by molar-refractivity contribution is 7.90. The van der Waals surface area contributed by atoms with Gasteiger partial charge in [0.15, 0.2) is 16.4 Å². The van der Waals surface area contributed by atoms with Gasteiger partial charge in [-0.05, 0) is 42.0 Å². The fourth-order valence-corrected chi connectivity index (χ4v) is 6.35. The van der Waals surface area contributed by atoms with Crippen molar-refractivity contribution in [3.05, 3.63) is 45.8 Å². The van der Waals surface area contributed by atoms with Crippen molar-refractivity contribution in [3.8, 4) is 5.75 Å². The highest BCUT2D eigenvalue weighted by Crippen LogP contribution is 2.38. The van der Waals surface area contributed by atoms with E-state index in [4.69, 9.17) is 9.47 Å². The molecule has 0 unspecified atom stereocenters. The summed E-state index contributed by atoms with van der Waals surface area (Å²) in [5.74, 6) is -0.582. The van der Waals surface area contributed by atoms with Crippen molar-refractivity contribution in [3.63, 3.8) is 0 Å². The molecule has 2 heterocycles. The molecule has 0 saturated carbocycles. The van der Waals surface area contributed by atoms with E-state index in [1.165, 1.54) is 0 Å². The number of anilines is 1. The van der Waals surface area contributed by atoms with E-state index in [1.807, 2.05) is 18.2 Å². The molecule has 1 N–H and O–H groups in total. The third-order valence-corrected chi connectivity index (χ3v) is 7.79. The minimum Gasteiger partial charge on any atom is -0.484 e. The largest absolute Gasteiger partial charge is 0.484 e. The number of sulfone groups is 1. The van der Waals surface area contributed by atoms with E-state index in [1.54, 1.807) is 13.0 Å². The molecule has 0 spiro atoms. The molecule has 1 aromatic heterocycles. The number of fused-ring (bicyclic) bond motifs is 1. The SMILES string of the molecule is CCOC(=O)c1c(NC(=O)COc2cccc(C(C)(C)C)c2)sc2c1CCS(=O)(=O)C2. The first-order valence-electron chi connectivity index (χ1n) is 10.1. The Kier molecular flexibility index (Phi) is 6.76. The van der Waals surface area contributed by atoms with Crippen molar-refractivity contribution >= 4 is 38.1 Å². The number of hydrogen-bond donors (Lipinski definition) is 1. The van der Waals surface area contributed by atoms with Crippen molar-refractivity contribution in [2.45, 2.75) is 45.3 Å². The quantitative estimate of drug-likeness (QED) is 0.653. The van der Waals surface area contributed by atoms with Crippen LogP contribution in [0.4, 0.5) is 5.00 Å². The van der Waals surface area contributed by atoms with Gasteiger partial charge in [-0.25, -0.2) is 13.2 Å². The third kappa shape index (κ3) is 5.65. The van der Waals surface area contributed by atoms with Gasteiger partial charge >= 0.3 is 5.97 Å². The maximum Gasteiger partial charge on any atom is 0.341 e.